The molecule has 4 nitrogen and oxygen atoms in total. The second-order valence-electron chi connectivity index (χ2n) is 12.4. The number of nitrogens with zero attached hydrogens (tertiary/aromatic N) is 1. The second kappa shape index (κ2) is 16.4. The molecule has 0 bridgehead atoms. The number of carboxylic acids is 1. The number of halogens is 2. The van der Waals surface area contributed by atoms with Gasteiger partial charge in [0, 0.05) is 29.0 Å². The first-order valence-electron chi connectivity index (χ1n) is 15.4. The Hall–Kier alpha value is -2.74. The monoisotopic (exact) mass is 610 g/mol. The number of hydrogen-bond acceptors (Lipinski definition) is 4. The highest BCUT2D eigenvalue weighted by Gasteiger charge is 2.20. The average Bonchev–Trinajstić information content (AvgIpc) is 3.11. The van der Waals surface area contributed by atoms with Crippen molar-refractivity contribution in [3.05, 3.63) is 88.5 Å². The van der Waals surface area contributed by atoms with E-state index in [-0.39, 0.29) is 30.0 Å². The summed E-state index contributed by atoms with van der Waals surface area (Å²) in [6.07, 6.45) is 10.0. The molecule has 0 amide bonds. The smallest absolute Gasteiger partial charge is 0.303 e. The summed E-state index contributed by atoms with van der Waals surface area (Å²) in [6.45, 7) is 12.6. The lowest BCUT2D eigenvalue weighted by molar-refractivity contribution is -0.136. The van der Waals surface area contributed by atoms with Gasteiger partial charge in [0.1, 0.15) is 11.6 Å². The number of allylic oxidation sites excluding steroid dienone is 6. The Kier molecular flexibility index (Phi) is 13.2. The number of nitrogens with one attached hydrogen (secondary N) is 1. The molecule has 234 valence electrons. The van der Waals surface area contributed by atoms with Gasteiger partial charge < -0.3 is 10.4 Å². The average molecular weight is 611 g/mol. The molecule has 2 aromatic rings. The predicted octanol–water partition coefficient (Wildman–Crippen LogP) is 9.32. The number of aryl methyl sites for hydroxylation is 2. The molecule has 0 aliphatic heterocycles. The van der Waals surface area contributed by atoms with Crippen LogP contribution in [-0.2, 0) is 17.6 Å². The van der Waals surface area contributed by atoms with Crippen molar-refractivity contribution in [2.75, 3.05) is 20.1 Å². The minimum Gasteiger partial charge on any atom is -0.481 e. The zero-order valence-corrected chi connectivity index (χ0v) is 27.4. The third-order valence-electron chi connectivity index (χ3n) is 7.92. The van der Waals surface area contributed by atoms with E-state index in [1.54, 1.807) is 24.1 Å². The highest BCUT2D eigenvalue weighted by Crippen LogP contribution is 2.34. The quantitative estimate of drug-likeness (QED) is 0.186. The molecule has 0 spiro atoms. The zero-order valence-electron chi connectivity index (χ0n) is 26.6. The summed E-state index contributed by atoms with van der Waals surface area (Å²) in [5.74, 6) is -0.891. The molecule has 2 N–H and O–H groups in total. The number of benzene rings is 2. The van der Waals surface area contributed by atoms with Crippen molar-refractivity contribution in [3.8, 4) is 11.1 Å². The molecule has 2 aromatic carbocycles. The number of hydrogen-bond donors (Lipinski definition) is 2. The van der Waals surface area contributed by atoms with Crippen LogP contribution in [-0.4, -0.2) is 41.1 Å². The van der Waals surface area contributed by atoms with Crippen LogP contribution >= 0.6 is 11.9 Å². The first-order chi connectivity index (χ1) is 20.4. The van der Waals surface area contributed by atoms with E-state index in [9.17, 15) is 13.6 Å². The van der Waals surface area contributed by atoms with E-state index in [0.29, 0.717) is 23.5 Å². The van der Waals surface area contributed by atoms with E-state index in [4.69, 9.17) is 5.11 Å². The van der Waals surface area contributed by atoms with Crippen LogP contribution in [0, 0.1) is 11.7 Å². The molecule has 1 atom stereocenters. The van der Waals surface area contributed by atoms with Gasteiger partial charge in [-0.15, -0.1) is 0 Å². The predicted molar refractivity (Wildman–Crippen MR) is 176 cm³/mol. The van der Waals surface area contributed by atoms with E-state index in [1.165, 1.54) is 11.6 Å². The summed E-state index contributed by atoms with van der Waals surface area (Å²) in [5.41, 5.74) is 5.05. The number of rotatable bonds is 16. The summed E-state index contributed by atoms with van der Waals surface area (Å²) in [6, 6.07) is 10.9. The Balaban J connectivity index is 1.54. The Morgan fingerprint density at radius 1 is 1.14 bits per heavy atom. The van der Waals surface area contributed by atoms with Crippen LogP contribution in [0.4, 0.5) is 8.78 Å². The first-order valence-corrected chi connectivity index (χ1v) is 16.1. The molecule has 0 saturated heterocycles. The van der Waals surface area contributed by atoms with Gasteiger partial charge in [0.25, 0.3) is 0 Å². The molecule has 0 unspecified atom stereocenters. The van der Waals surface area contributed by atoms with Gasteiger partial charge in [-0.25, -0.2) is 13.1 Å². The van der Waals surface area contributed by atoms with Gasteiger partial charge in [0.2, 0.25) is 0 Å². The van der Waals surface area contributed by atoms with Gasteiger partial charge in [-0.3, -0.25) is 4.79 Å². The van der Waals surface area contributed by atoms with Crippen molar-refractivity contribution in [2.45, 2.75) is 90.0 Å². The fourth-order valence-electron chi connectivity index (χ4n) is 5.39. The molecule has 43 heavy (non-hydrogen) atoms. The summed E-state index contributed by atoms with van der Waals surface area (Å²) >= 11 is 1.70. The van der Waals surface area contributed by atoms with E-state index >= 15 is 0 Å². The van der Waals surface area contributed by atoms with Gasteiger partial charge in [-0.05, 0) is 137 Å². The Bertz CT molecular complexity index is 1350. The molecule has 0 aromatic heterocycles. The normalized spacial score (nSPS) is 14.7. The van der Waals surface area contributed by atoms with Crippen molar-refractivity contribution in [1.82, 2.24) is 9.62 Å². The standard InChI is InChI=1S/C36H48F2N2O2S/c1-7-27-22-30(35-29(17-20-34(41)42)10-8-12-32(35)38)16-19-33(27)43-40(6)24-26(3)23-39-36(4,5)21-9-11-28-15-13-25(2)14-18-31(28)37/h8,10,12-13,15-16,18-19,22,26,39H,7,9,11,14,17,20-21,23-24H2,1-6H3,(H,41,42)/t26-/m1/s1. The first kappa shape index (κ1) is 34.7. The minimum atomic E-state index is -0.891. The molecule has 0 fully saturated rings. The van der Waals surface area contributed by atoms with Gasteiger partial charge >= 0.3 is 5.97 Å². The van der Waals surface area contributed by atoms with Crippen molar-refractivity contribution < 1.29 is 18.7 Å². The molecular formula is C36H48F2N2O2S. The van der Waals surface area contributed by atoms with E-state index in [1.807, 2.05) is 43.3 Å². The van der Waals surface area contributed by atoms with Crippen molar-refractivity contribution in [3.63, 3.8) is 0 Å². The van der Waals surface area contributed by atoms with Crippen molar-refractivity contribution in [1.29, 1.82) is 0 Å². The fourth-order valence-corrected chi connectivity index (χ4v) is 6.50. The zero-order chi connectivity index (χ0) is 31.6. The van der Waals surface area contributed by atoms with Gasteiger partial charge in [0.05, 0.1) is 0 Å². The van der Waals surface area contributed by atoms with Crippen molar-refractivity contribution in [2.24, 2.45) is 5.92 Å². The Labute approximate surface area is 261 Å². The summed E-state index contributed by atoms with van der Waals surface area (Å²) < 4.78 is 31.5. The lowest BCUT2D eigenvalue weighted by Crippen LogP contribution is -2.42. The molecule has 0 radical (unpaired) electrons. The highest BCUT2D eigenvalue weighted by atomic mass is 32.2. The lowest BCUT2D eigenvalue weighted by Gasteiger charge is -2.29. The molecule has 0 saturated carbocycles. The SMILES string of the molecule is CCc1cc(-c2c(F)cccc2CCC(=O)O)ccc1SN(C)C[C@H](C)CNC(C)(C)CCCC1=CC=C(C)CC=C1F. The third kappa shape index (κ3) is 11.0. The topological polar surface area (TPSA) is 52.6 Å². The van der Waals surface area contributed by atoms with Crippen molar-refractivity contribution >= 4 is 17.9 Å². The second-order valence-corrected chi connectivity index (χ2v) is 13.7. The number of carbonyl (C=O) groups is 1. The maximum Gasteiger partial charge on any atom is 0.303 e. The molecule has 3 rings (SSSR count). The van der Waals surface area contributed by atoms with Crippen LogP contribution in [0.2, 0.25) is 0 Å². The summed E-state index contributed by atoms with van der Waals surface area (Å²) in [7, 11) is 2.10. The van der Waals surface area contributed by atoms with E-state index in [0.717, 1.165) is 60.4 Å². The van der Waals surface area contributed by atoms with Crippen LogP contribution in [0.25, 0.3) is 11.1 Å². The van der Waals surface area contributed by atoms with E-state index < -0.39 is 5.97 Å². The number of aliphatic carboxylic acids is 1. The van der Waals surface area contributed by atoms with E-state index in [2.05, 4.69) is 44.4 Å². The molecule has 7 heteroatoms. The van der Waals surface area contributed by atoms with Gasteiger partial charge in [-0.1, -0.05) is 49.8 Å². The van der Waals surface area contributed by atoms with Crippen LogP contribution in [0.15, 0.2) is 76.5 Å². The number of carboxylic acid groups (broad SMARTS) is 1. The Morgan fingerprint density at radius 3 is 2.63 bits per heavy atom. The molecule has 1 aliphatic rings. The maximum absolute atomic E-state index is 14.9. The van der Waals surface area contributed by atoms with Gasteiger partial charge in [0.15, 0.2) is 0 Å². The molecule has 1 aliphatic carbocycles. The lowest BCUT2D eigenvalue weighted by atomic mass is 9.94. The third-order valence-corrected chi connectivity index (χ3v) is 8.97. The van der Waals surface area contributed by atoms with Gasteiger partial charge in [-0.2, -0.15) is 0 Å². The largest absolute Gasteiger partial charge is 0.481 e. The highest BCUT2D eigenvalue weighted by molar-refractivity contribution is 7.97. The summed E-state index contributed by atoms with van der Waals surface area (Å²) in [4.78, 5) is 12.3. The maximum atomic E-state index is 14.9. The molecule has 0 heterocycles. The summed E-state index contributed by atoms with van der Waals surface area (Å²) in [5, 5.41) is 12.8. The van der Waals surface area contributed by atoms with Crippen LogP contribution in [0.5, 0.6) is 0 Å². The Morgan fingerprint density at radius 2 is 1.91 bits per heavy atom. The van der Waals surface area contributed by atoms with Crippen LogP contribution in [0.1, 0.15) is 77.8 Å². The van der Waals surface area contributed by atoms with Crippen LogP contribution in [0.3, 0.4) is 0 Å². The molecular weight excluding hydrogens is 562 g/mol. The minimum absolute atomic E-state index is 0.0343. The van der Waals surface area contributed by atoms with Crippen LogP contribution < -0.4 is 5.32 Å². The fraction of sp³-hybridized carbons (Fsp3) is 0.472.